The predicted octanol–water partition coefficient (Wildman–Crippen LogP) is 1.48. The molecule has 3 nitrogen and oxygen atoms in total. The Balaban J connectivity index is 0. The second-order valence-corrected chi connectivity index (χ2v) is 2.55. The number of benzene rings is 1. The van der Waals surface area contributed by atoms with Gasteiger partial charge < -0.3 is 17.0 Å². The summed E-state index contributed by atoms with van der Waals surface area (Å²) in [6, 6.07) is 9.37. The van der Waals surface area contributed by atoms with Crippen LogP contribution in [-0.2, 0) is 51.3 Å². The summed E-state index contributed by atoms with van der Waals surface area (Å²) in [5.74, 6) is 0. The van der Waals surface area contributed by atoms with Crippen LogP contribution in [0, 0.1) is 13.6 Å². The van der Waals surface area contributed by atoms with Gasteiger partial charge in [-0.3, -0.25) is 4.79 Å². The van der Waals surface area contributed by atoms with Crippen LogP contribution in [0.4, 0.5) is 0 Å². The quantitative estimate of drug-likeness (QED) is 0.744. The van der Waals surface area contributed by atoms with E-state index in [-0.39, 0.29) is 64.3 Å². The minimum atomic E-state index is -0.242. The molecule has 0 bridgehead atoms. The molecule has 1 heterocycles. The monoisotopic (exact) mass is 326 g/mol. The van der Waals surface area contributed by atoms with E-state index in [9.17, 15) is 4.79 Å². The molecule has 0 aliphatic rings. The summed E-state index contributed by atoms with van der Waals surface area (Å²) in [7, 11) is 0. The van der Waals surface area contributed by atoms with E-state index in [1.807, 2.05) is 30.3 Å². The Labute approximate surface area is 132 Å². The molecule has 16 heavy (non-hydrogen) atoms. The van der Waals surface area contributed by atoms with Crippen LogP contribution in [0.15, 0.2) is 47.5 Å². The Morgan fingerprint density at radius 2 is 1.81 bits per heavy atom. The number of aromatic nitrogens is 2. The topological polar surface area (TPSA) is 34.9 Å². The first-order valence-corrected chi connectivity index (χ1v) is 3.89. The average Bonchev–Trinajstić information content (AvgIpc) is 2.20. The fraction of sp³-hybridized carbons (Fsp3) is 0. The van der Waals surface area contributed by atoms with Gasteiger partial charge in [0.2, 0.25) is 0 Å². The zero-order chi connectivity index (χ0) is 9.10. The van der Waals surface area contributed by atoms with Gasteiger partial charge in [0.15, 0.2) is 5.56 Å². The average molecular weight is 326 g/mol. The molecule has 1 aromatic carbocycles. The Morgan fingerprint density at radius 1 is 1.19 bits per heavy atom. The van der Waals surface area contributed by atoms with Gasteiger partial charge in [-0.2, -0.15) is 0 Å². The largest absolute Gasteiger partial charge is 0.452 e. The van der Waals surface area contributed by atoms with Gasteiger partial charge in [-0.05, 0) is 12.1 Å². The molecular formula is C11H10N2OVY-2. The van der Waals surface area contributed by atoms with Crippen molar-refractivity contribution >= 4 is 0 Å². The van der Waals surface area contributed by atoms with Crippen molar-refractivity contribution in [1.82, 2.24) is 9.55 Å². The van der Waals surface area contributed by atoms with Crippen LogP contribution in [-0.4, -0.2) is 9.55 Å². The smallest absolute Gasteiger partial charge is 0.180 e. The maximum absolute atomic E-state index is 11.3. The van der Waals surface area contributed by atoms with Crippen molar-refractivity contribution in [3.05, 3.63) is 66.7 Å². The van der Waals surface area contributed by atoms with Crippen LogP contribution >= 0.6 is 0 Å². The summed E-state index contributed by atoms with van der Waals surface area (Å²) < 4.78 is 1.49. The number of nitrogens with zero attached hydrogens (tertiary/aromatic N) is 2. The van der Waals surface area contributed by atoms with Crippen molar-refractivity contribution in [2.45, 2.75) is 0 Å². The zero-order valence-electron chi connectivity index (χ0n) is 8.87. The fourth-order valence-corrected chi connectivity index (χ4v) is 1.11. The molecule has 5 heteroatoms. The summed E-state index contributed by atoms with van der Waals surface area (Å²) in [6.07, 6.45) is 5.51. The molecule has 0 atom stereocenters. The van der Waals surface area contributed by atoms with Gasteiger partial charge in [-0.15, -0.1) is 6.20 Å². The molecular weight excluding hydrogens is 316 g/mol. The minimum Gasteiger partial charge on any atom is -0.452 e. The minimum absolute atomic E-state index is 0. The van der Waals surface area contributed by atoms with E-state index in [4.69, 9.17) is 0 Å². The first kappa shape index (κ1) is 18.2. The molecule has 2 aromatic rings. The van der Waals surface area contributed by atoms with Crippen molar-refractivity contribution in [2.75, 3.05) is 0 Å². The number of rotatable bonds is 1. The Hall–Kier alpha value is -0.212. The maximum Gasteiger partial charge on any atom is 0.180 e. The van der Waals surface area contributed by atoms with E-state index in [1.54, 1.807) is 6.20 Å². The molecule has 0 spiro atoms. The van der Waals surface area contributed by atoms with E-state index >= 15 is 0 Å². The SMILES string of the molecule is O=c1[c-]nccn1-c1ccccc1.[CH3-].[V].[Y]. The first-order chi connectivity index (χ1) is 6.38. The molecule has 0 fully saturated rings. The summed E-state index contributed by atoms with van der Waals surface area (Å²) >= 11 is 0. The maximum atomic E-state index is 11.3. The third kappa shape index (κ3) is 4.34. The van der Waals surface area contributed by atoms with Gasteiger partial charge in [-0.1, -0.05) is 30.6 Å². The second-order valence-electron chi connectivity index (χ2n) is 2.55. The summed E-state index contributed by atoms with van der Waals surface area (Å²) in [5.41, 5.74) is 0.583. The van der Waals surface area contributed by atoms with E-state index in [1.165, 1.54) is 10.8 Å². The van der Waals surface area contributed by atoms with Crippen LogP contribution in [0.2, 0.25) is 0 Å². The summed E-state index contributed by atoms with van der Waals surface area (Å²) in [4.78, 5) is 14.9. The predicted molar refractivity (Wildman–Crippen MR) is 55.1 cm³/mol. The molecule has 0 unspecified atom stereocenters. The zero-order valence-corrected chi connectivity index (χ0v) is 13.1. The van der Waals surface area contributed by atoms with Crippen molar-refractivity contribution in [3.8, 4) is 5.69 Å². The second kappa shape index (κ2) is 8.89. The van der Waals surface area contributed by atoms with E-state index in [0.29, 0.717) is 0 Å². The van der Waals surface area contributed by atoms with Crippen LogP contribution in [0.5, 0.6) is 0 Å². The third-order valence-electron chi connectivity index (χ3n) is 1.70. The standard InChI is InChI=1S/C10H7N2O.CH3.V.Y/c13-10-8-11-6-7-12(10)9-4-2-1-3-5-9;;;/h1-7H;1H3;;/q2*-1;;. The van der Waals surface area contributed by atoms with Crippen molar-refractivity contribution in [1.29, 1.82) is 0 Å². The van der Waals surface area contributed by atoms with E-state index < -0.39 is 0 Å². The van der Waals surface area contributed by atoms with Crippen molar-refractivity contribution < 1.29 is 51.3 Å². The molecule has 0 saturated carbocycles. The molecule has 0 amide bonds. The molecule has 2 rings (SSSR count). The number of hydrogen-bond donors (Lipinski definition) is 0. The number of para-hydroxylation sites is 1. The Kier molecular flexibility index (Phi) is 10.1. The van der Waals surface area contributed by atoms with Gasteiger partial charge in [-0.25, -0.2) is 0 Å². The molecule has 0 aliphatic carbocycles. The molecule has 0 N–H and O–H groups in total. The molecule has 2 radical (unpaired) electrons. The molecule has 1 aromatic heterocycles. The molecule has 0 aliphatic heterocycles. The van der Waals surface area contributed by atoms with Gasteiger partial charge in [0.1, 0.15) is 0 Å². The fourth-order valence-electron chi connectivity index (χ4n) is 1.11. The van der Waals surface area contributed by atoms with E-state index in [0.717, 1.165) is 5.69 Å². The molecule has 80 valence electrons. The van der Waals surface area contributed by atoms with Gasteiger partial charge in [0, 0.05) is 57.0 Å². The Morgan fingerprint density at radius 3 is 2.38 bits per heavy atom. The first-order valence-electron chi connectivity index (χ1n) is 3.89. The van der Waals surface area contributed by atoms with Crippen molar-refractivity contribution in [3.63, 3.8) is 0 Å². The van der Waals surface area contributed by atoms with Crippen molar-refractivity contribution in [2.24, 2.45) is 0 Å². The molecule has 0 saturated heterocycles. The van der Waals surface area contributed by atoms with Crippen LogP contribution in [0.3, 0.4) is 0 Å². The normalized spacial score (nSPS) is 8.00. The van der Waals surface area contributed by atoms with Gasteiger partial charge in [0.25, 0.3) is 0 Å². The summed E-state index contributed by atoms with van der Waals surface area (Å²) in [5, 5.41) is 0. The van der Waals surface area contributed by atoms with Gasteiger partial charge >= 0.3 is 0 Å². The Bertz CT molecular complexity index is 459. The van der Waals surface area contributed by atoms with Crippen LogP contribution in [0.1, 0.15) is 0 Å². The number of hydrogen-bond acceptors (Lipinski definition) is 2. The van der Waals surface area contributed by atoms with E-state index in [2.05, 4.69) is 11.2 Å². The van der Waals surface area contributed by atoms with Crippen LogP contribution < -0.4 is 5.56 Å². The van der Waals surface area contributed by atoms with Crippen LogP contribution in [0.25, 0.3) is 5.69 Å². The summed E-state index contributed by atoms with van der Waals surface area (Å²) in [6.45, 7) is 0. The third-order valence-corrected chi connectivity index (χ3v) is 1.70. The van der Waals surface area contributed by atoms with Gasteiger partial charge in [0.05, 0.1) is 0 Å².